The molecule has 1 saturated heterocycles. The Morgan fingerprint density at radius 3 is 2.55 bits per heavy atom. The Hall–Kier alpha value is -1.84. The summed E-state index contributed by atoms with van der Waals surface area (Å²) in [5, 5.41) is 3.95. The molecule has 0 spiro atoms. The minimum absolute atomic E-state index is 0.0976. The van der Waals surface area contributed by atoms with Crippen LogP contribution in [0.4, 0.5) is 19.0 Å². The molecule has 0 amide bonds. The molecule has 0 saturated carbocycles. The maximum absolute atomic E-state index is 13.6. The Morgan fingerprint density at radius 1 is 1.34 bits per heavy atom. The Bertz CT molecular complexity index is 938. The van der Waals surface area contributed by atoms with Gasteiger partial charge in [-0.1, -0.05) is 0 Å². The zero-order chi connectivity index (χ0) is 21.8. The number of hydrogen-bond donors (Lipinski definition) is 0. The third-order valence-electron chi connectivity index (χ3n) is 5.14. The molecular formula is C19H24BrF3N4O2. The summed E-state index contributed by atoms with van der Waals surface area (Å²) in [6.07, 6.45) is -2.41. The van der Waals surface area contributed by atoms with Gasteiger partial charge >= 0.3 is 12.1 Å². The largest absolute Gasteiger partial charge is 0.460 e. The van der Waals surface area contributed by atoms with Gasteiger partial charge in [-0.3, -0.25) is 4.79 Å². The summed E-state index contributed by atoms with van der Waals surface area (Å²) < 4.78 is 47.7. The van der Waals surface area contributed by atoms with Crippen molar-refractivity contribution in [3.63, 3.8) is 0 Å². The number of piperidine rings is 1. The second-order valence-corrected chi connectivity index (χ2v) is 9.59. The Kier molecular flexibility index (Phi) is 5.38. The zero-order valence-corrected chi connectivity index (χ0v) is 18.6. The van der Waals surface area contributed by atoms with Crippen LogP contribution in [0.5, 0.6) is 0 Å². The van der Waals surface area contributed by atoms with Gasteiger partial charge < -0.3 is 9.64 Å². The van der Waals surface area contributed by atoms with E-state index in [0.717, 1.165) is 6.07 Å². The minimum Gasteiger partial charge on any atom is -0.460 e. The number of fused-ring (bicyclic) bond motifs is 1. The lowest BCUT2D eigenvalue weighted by Crippen LogP contribution is -2.49. The fourth-order valence-corrected chi connectivity index (χ4v) is 4.27. The van der Waals surface area contributed by atoms with E-state index in [1.54, 1.807) is 0 Å². The molecule has 0 radical (unpaired) electrons. The van der Waals surface area contributed by atoms with Crippen LogP contribution in [-0.4, -0.2) is 38.8 Å². The Balaban J connectivity index is 1.96. The summed E-state index contributed by atoms with van der Waals surface area (Å²) in [5.41, 5.74) is -2.20. The number of halogens is 4. The van der Waals surface area contributed by atoms with Crippen LogP contribution >= 0.6 is 15.9 Å². The van der Waals surface area contributed by atoms with Gasteiger partial charge in [-0.25, -0.2) is 9.50 Å². The monoisotopic (exact) mass is 476 g/mol. The molecule has 2 aromatic rings. The number of ether oxygens (including phenoxy) is 1. The first-order chi connectivity index (χ1) is 13.2. The van der Waals surface area contributed by atoms with Crippen molar-refractivity contribution in [2.24, 2.45) is 5.41 Å². The van der Waals surface area contributed by atoms with E-state index < -0.39 is 22.8 Å². The molecule has 2 atom stereocenters. The van der Waals surface area contributed by atoms with Crippen LogP contribution in [0.25, 0.3) is 5.52 Å². The van der Waals surface area contributed by atoms with E-state index in [-0.39, 0.29) is 27.9 Å². The summed E-state index contributed by atoms with van der Waals surface area (Å²) in [5.74, 6) is -0.0810. The molecule has 3 rings (SSSR count). The van der Waals surface area contributed by atoms with Gasteiger partial charge in [-0.05, 0) is 69.5 Å². The van der Waals surface area contributed by atoms with Gasteiger partial charge in [0.05, 0.1) is 11.0 Å². The molecule has 0 aromatic carbocycles. The van der Waals surface area contributed by atoms with Crippen molar-refractivity contribution in [1.82, 2.24) is 14.6 Å². The highest BCUT2D eigenvalue weighted by Crippen LogP contribution is 2.42. The van der Waals surface area contributed by atoms with Gasteiger partial charge in [0.15, 0.2) is 5.82 Å². The molecule has 1 aliphatic heterocycles. The van der Waals surface area contributed by atoms with E-state index in [4.69, 9.17) is 4.74 Å². The number of nitrogens with zero attached hydrogens (tertiary/aromatic N) is 4. The number of aromatic nitrogens is 3. The van der Waals surface area contributed by atoms with Crippen LogP contribution in [0.3, 0.4) is 0 Å². The highest BCUT2D eigenvalue weighted by atomic mass is 79.9. The summed E-state index contributed by atoms with van der Waals surface area (Å²) in [7, 11) is 0. The molecule has 0 bridgehead atoms. The normalized spacial score (nSPS) is 23.5. The predicted octanol–water partition coefficient (Wildman–Crippen LogP) is 4.85. The second kappa shape index (κ2) is 7.14. The molecule has 29 heavy (non-hydrogen) atoms. The molecule has 6 nitrogen and oxygen atoms in total. The van der Waals surface area contributed by atoms with E-state index in [2.05, 4.69) is 26.0 Å². The smallest absolute Gasteiger partial charge is 0.418 e. The number of anilines is 1. The lowest BCUT2D eigenvalue weighted by Gasteiger charge is -2.43. The number of carbonyl (C=O) groups is 1. The van der Waals surface area contributed by atoms with Gasteiger partial charge in [0.25, 0.3) is 0 Å². The lowest BCUT2D eigenvalue weighted by atomic mass is 9.77. The van der Waals surface area contributed by atoms with Crippen molar-refractivity contribution in [2.75, 3.05) is 11.4 Å². The molecule has 160 valence electrons. The van der Waals surface area contributed by atoms with Crippen LogP contribution in [0.15, 0.2) is 17.0 Å². The number of carbonyl (C=O) groups excluding carboxylic acids is 1. The van der Waals surface area contributed by atoms with Crippen LogP contribution < -0.4 is 4.90 Å². The standard InChI is InChI=1S/C19H24BrF3N4O2/c1-11-9-18(5,16(28)29-17(2,3)4)6-7-26(11)15-14-12(19(21,22)23)8-13(20)27(14)25-10-24-15/h8,10-11H,6-7,9H2,1-5H3/t11-,18-/m0/s1. The third kappa shape index (κ3) is 4.22. The average molecular weight is 477 g/mol. The highest BCUT2D eigenvalue weighted by Gasteiger charge is 2.44. The highest BCUT2D eigenvalue weighted by molar-refractivity contribution is 9.10. The van der Waals surface area contributed by atoms with Crippen molar-refractivity contribution in [3.05, 3.63) is 22.6 Å². The van der Waals surface area contributed by atoms with Gasteiger partial charge in [0.2, 0.25) is 0 Å². The van der Waals surface area contributed by atoms with Gasteiger partial charge in [-0.2, -0.15) is 18.3 Å². The van der Waals surface area contributed by atoms with Crippen molar-refractivity contribution in [1.29, 1.82) is 0 Å². The van der Waals surface area contributed by atoms with Gasteiger partial charge in [0.1, 0.15) is 22.0 Å². The minimum atomic E-state index is -4.54. The molecule has 1 fully saturated rings. The molecule has 0 unspecified atom stereocenters. The Labute approximate surface area is 175 Å². The quantitative estimate of drug-likeness (QED) is 0.579. The maximum Gasteiger partial charge on any atom is 0.418 e. The summed E-state index contributed by atoms with van der Waals surface area (Å²) in [6, 6.07) is 0.794. The molecule has 2 aromatic heterocycles. The summed E-state index contributed by atoms with van der Waals surface area (Å²) >= 11 is 3.14. The first-order valence-corrected chi connectivity index (χ1v) is 10.1. The number of rotatable bonds is 2. The molecule has 3 heterocycles. The second-order valence-electron chi connectivity index (χ2n) is 8.78. The van der Waals surface area contributed by atoms with E-state index in [1.807, 2.05) is 39.5 Å². The van der Waals surface area contributed by atoms with E-state index in [9.17, 15) is 18.0 Å². The molecule has 0 N–H and O–H groups in total. The lowest BCUT2D eigenvalue weighted by molar-refractivity contribution is -0.168. The van der Waals surface area contributed by atoms with Crippen LogP contribution in [0, 0.1) is 5.41 Å². The number of alkyl halides is 3. The van der Waals surface area contributed by atoms with E-state index in [1.165, 1.54) is 10.8 Å². The van der Waals surface area contributed by atoms with Crippen molar-refractivity contribution in [3.8, 4) is 0 Å². The SMILES string of the molecule is C[C@H]1C[C@@](C)(C(=O)OC(C)(C)C)CCN1c1ncnn2c(Br)cc(C(F)(F)F)c12. The van der Waals surface area contributed by atoms with Crippen LogP contribution in [0.2, 0.25) is 0 Å². The average Bonchev–Trinajstić information content (AvgIpc) is 2.91. The topological polar surface area (TPSA) is 59.7 Å². The van der Waals surface area contributed by atoms with E-state index >= 15 is 0 Å². The molecule has 0 aliphatic carbocycles. The van der Waals surface area contributed by atoms with Gasteiger partial charge in [0, 0.05) is 12.6 Å². The van der Waals surface area contributed by atoms with E-state index in [0.29, 0.717) is 19.4 Å². The molecule has 1 aliphatic rings. The molecule has 10 heteroatoms. The predicted molar refractivity (Wildman–Crippen MR) is 106 cm³/mol. The maximum atomic E-state index is 13.6. The number of esters is 1. The summed E-state index contributed by atoms with van der Waals surface area (Å²) in [4.78, 5) is 18.7. The van der Waals surface area contributed by atoms with Crippen LogP contribution in [-0.2, 0) is 15.7 Å². The van der Waals surface area contributed by atoms with Crippen molar-refractivity contribution >= 4 is 33.2 Å². The van der Waals surface area contributed by atoms with Gasteiger partial charge in [-0.15, -0.1) is 0 Å². The fourth-order valence-electron chi connectivity index (χ4n) is 3.77. The van der Waals surface area contributed by atoms with Crippen molar-refractivity contribution in [2.45, 2.75) is 65.3 Å². The first kappa shape index (κ1) is 21.9. The molecular weight excluding hydrogens is 453 g/mol. The van der Waals surface area contributed by atoms with Crippen molar-refractivity contribution < 1.29 is 22.7 Å². The zero-order valence-electron chi connectivity index (χ0n) is 17.0. The van der Waals surface area contributed by atoms with Crippen LogP contribution in [0.1, 0.15) is 53.0 Å². The number of hydrogen-bond acceptors (Lipinski definition) is 5. The fraction of sp³-hybridized carbons (Fsp3) is 0.632. The Morgan fingerprint density at radius 2 is 2.00 bits per heavy atom. The summed E-state index contributed by atoms with van der Waals surface area (Å²) in [6.45, 7) is 9.55. The first-order valence-electron chi connectivity index (χ1n) is 9.32. The third-order valence-corrected chi connectivity index (χ3v) is 5.71.